The molecule has 4 rings (SSSR count). The molecular weight excluding hydrogens is 340 g/mol. The Labute approximate surface area is 156 Å². The number of aromatic amines is 1. The molecule has 0 fully saturated rings. The minimum atomic E-state index is -0.171. The van der Waals surface area contributed by atoms with Crippen LogP contribution in [0.1, 0.15) is 12.6 Å². The number of aryl methyl sites for hydroxylation is 2. The van der Waals surface area contributed by atoms with Crippen LogP contribution in [-0.2, 0) is 13.5 Å². The molecule has 0 aliphatic carbocycles. The Morgan fingerprint density at radius 3 is 2.52 bits per heavy atom. The number of nitrogens with one attached hydrogen (secondary N) is 1. The molecule has 1 N–H and O–H groups in total. The first kappa shape index (κ1) is 17.0. The number of nitrogens with zero attached hydrogens (tertiary/aromatic N) is 3. The molecule has 0 saturated heterocycles. The van der Waals surface area contributed by atoms with E-state index in [0.717, 1.165) is 45.6 Å². The van der Waals surface area contributed by atoms with Crippen molar-refractivity contribution in [2.75, 3.05) is 7.11 Å². The van der Waals surface area contributed by atoms with Crippen molar-refractivity contribution in [1.82, 2.24) is 20.0 Å². The van der Waals surface area contributed by atoms with Gasteiger partial charge in [-0.05, 0) is 48.4 Å². The van der Waals surface area contributed by atoms with Crippen molar-refractivity contribution in [3.05, 3.63) is 64.7 Å². The standard InChI is InChI=1S/C21H20N4O2/c1-4-19-17-11-14(7-10-16(17)21(26)24-23-19)18-12-22-25(2)20(18)13-5-8-15(27-3)9-6-13/h5-12H,4H2,1-3H3,(H,24,26). The van der Waals surface area contributed by atoms with Gasteiger partial charge in [0.1, 0.15) is 5.75 Å². The van der Waals surface area contributed by atoms with Crippen molar-refractivity contribution in [3.63, 3.8) is 0 Å². The molecule has 0 unspecified atom stereocenters. The average molecular weight is 360 g/mol. The predicted octanol–water partition coefficient (Wildman–Crippen LogP) is 3.56. The molecule has 0 aliphatic rings. The highest BCUT2D eigenvalue weighted by molar-refractivity contribution is 5.91. The summed E-state index contributed by atoms with van der Waals surface area (Å²) in [4.78, 5) is 12.1. The van der Waals surface area contributed by atoms with Crippen LogP contribution in [-0.4, -0.2) is 27.1 Å². The zero-order chi connectivity index (χ0) is 19.0. The first-order valence-corrected chi connectivity index (χ1v) is 8.80. The molecule has 27 heavy (non-hydrogen) atoms. The molecule has 0 bridgehead atoms. The van der Waals surface area contributed by atoms with Gasteiger partial charge in [0.15, 0.2) is 0 Å². The van der Waals surface area contributed by atoms with Crippen molar-refractivity contribution >= 4 is 10.8 Å². The highest BCUT2D eigenvalue weighted by Crippen LogP contribution is 2.34. The van der Waals surface area contributed by atoms with Crippen LogP contribution in [0.25, 0.3) is 33.2 Å². The number of benzene rings is 2. The number of fused-ring (bicyclic) bond motifs is 1. The summed E-state index contributed by atoms with van der Waals surface area (Å²) in [6, 6.07) is 13.8. The second-order valence-electron chi connectivity index (χ2n) is 6.37. The van der Waals surface area contributed by atoms with Gasteiger partial charge < -0.3 is 4.74 Å². The molecule has 0 aliphatic heterocycles. The monoisotopic (exact) mass is 360 g/mol. The molecule has 0 radical (unpaired) electrons. The van der Waals surface area contributed by atoms with Crippen molar-refractivity contribution < 1.29 is 4.74 Å². The van der Waals surface area contributed by atoms with Crippen LogP contribution in [0.2, 0.25) is 0 Å². The quantitative estimate of drug-likeness (QED) is 0.604. The zero-order valence-electron chi connectivity index (χ0n) is 15.5. The second kappa shape index (κ2) is 6.72. The summed E-state index contributed by atoms with van der Waals surface area (Å²) in [5, 5.41) is 12.7. The third kappa shape index (κ3) is 2.89. The van der Waals surface area contributed by atoms with Gasteiger partial charge in [-0.15, -0.1) is 0 Å². The van der Waals surface area contributed by atoms with E-state index in [1.54, 1.807) is 7.11 Å². The molecule has 2 aromatic heterocycles. The van der Waals surface area contributed by atoms with E-state index in [0.29, 0.717) is 5.39 Å². The first-order valence-electron chi connectivity index (χ1n) is 8.80. The van der Waals surface area contributed by atoms with Crippen LogP contribution in [0.15, 0.2) is 53.5 Å². The molecule has 0 saturated carbocycles. The smallest absolute Gasteiger partial charge is 0.272 e. The number of ether oxygens (including phenoxy) is 1. The molecule has 0 spiro atoms. The molecule has 6 nitrogen and oxygen atoms in total. The maximum Gasteiger partial charge on any atom is 0.272 e. The Hall–Kier alpha value is -3.41. The Balaban J connectivity index is 1.90. The maximum atomic E-state index is 12.1. The zero-order valence-corrected chi connectivity index (χ0v) is 15.5. The van der Waals surface area contributed by atoms with Gasteiger partial charge in [0.25, 0.3) is 5.56 Å². The van der Waals surface area contributed by atoms with E-state index in [1.165, 1.54) is 0 Å². The Bertz CT molecular complexity index is 1170. The summed E-state index contributed by atoms with van der Waals surface area (Å²) in [5.41, 5.74) is 4.77. The van der Waals surface area contributed by atoms with E-state index in [1.807, 2.05) is 67.3 Å². The minimum Gasteiger partial charge on any atom is -0.497 e. The van der Waals surface area contributed by atoms with Crippen LogP contribution in [0.4, 0.5) is 0 Å². The first-order chi connectivity index (χ1) is 13.1. The van der Waals surface area contributed by atoms with Gasteiger partial charge in [-0.25, -0.2) is 5.10 Å². The molecule has 4 aromatic rings. The van der Waals surface area contributed by atoms with E-state index in [2.05, 4.69) is 15.3 Å². The van der Waals surface area contributed by atoms with Crippen molar-refractivity contribution in [2.24, 2.45) is 7.05 Å². The van der Waals surface area contributed by atoms with Crippen LogP contribution in [0, 0.1) is 0 Å². The Morgan fingerprint density at radius 2 is 1.81 bits per heavy atom. The molecule has 0 atom stereocenters. The van der Waals surface area contributed by atoms with E-state index < -0.39 is 0 Å². The largest absolute Gasteiger partial charge is 0.497 e. The SMILES string of the molecule is CCc1n[nH]c(=O)c2ccc(-c3cnn(C)c3-c3ccc(OC)cc3)cc12. The molecule has 6 heteroatoms. The van der Waals surface area contributed by atoms with Crippen molar-refractivity contribution in [2.45, 2.75) is 13.3 Å². The van der Waals surface area contributed by atoms with Gasteiger partial charge in [0.2, 0.25) is 0 Å². The van der Waals surface area contributed by atoms with Crippen LogP contribution >= 0.6 is 0 Å². The second-order valence-corrected chi connectivity index (χ2v) is 6.37. The highest BCUT2D eigenvalue weighted by Gasteiger charge is 2.15. The van der Waals surface area contributed by atoms with Crippen LogP contribution < -0.4 is 10.3 Å². The Kier molecular flexibility index (Phi) is 4.24. The number of methoxy groups -OCH3 is 1. The molecule has 0 amide bonds. The minimum absolute atomic E-state index is 0.171. The molecule has 2 heterocycles. The third-order valence-corrected chi connectivity index (χ3v) is 4.82. The van der Waals surface area contributed by atoms with Crippen LogP contribution in [0.5, 0.6) is 5.75 Å². The van der Waals surface area contributed by atoms with Gasteiger partial charge in [0, 0.05) is 23.6 Å². The fourth-order valence-electron chi connectivity index (χ4n) is 3.40. The number of rotatable bonds is 4. The summed E-state index contributed by atoms with van der Waals surface area (Å²) in [6.07, 6.45) is 2.60. The number of H-pyrrole nitrogens is 1. The van der Waals surface area contributed by atoms with E-state index >= 15 is 0 Å². The van der Waals surface area contributed by atoms with E-state index in [-0.39, 0.29) is 5.56 Å². The van der Waals surface area contributed by atoms with E-state index in [4.69, 9.17) is 4.74 Å². The van der Waals surface area contributed by atoms with Gasteiger partial charge in [0.05, 0.1) is 30.1 Å². The number of aromatic nitrogens is 4. The Morgan fingerprint density at radius 1 is 1.07 bits per heavy atom. The molecular formula is C21H20N4O2. The summed E-state index contributed by atoms with van der Waals surface area (Å²) in [6.45, 7) is 2.03. The average Bonchev–Trinajstić information content (AvgIpc) is 3.09. The van der Waals surface area contributed by atoms with Gasteiger partial charge in [-0.1, -0.05) is 13.0 Å². The molecule has 2 aromatic carbocycles. The number of hydrogen-bond donors (Lipinski definition) is 1. The lowest BCUT2D eigenvalue weighted by Crippen LogP contribution is -2.10. The topological polar surface area (TPSA) is 72.8 Å². The van der Waals surface area contributed by atoms with Gasteiger partial charge >= 0.3 is 0 Å². The fraction of sp³-hybridized carbons (Fsp3) is 0.190. The lowest BCUT2D eigenvalue weighted by atomic mass is 9.98. The number of hydrogen-bond acceptors (Lipinski definition) is 4. The summed E-state index contributed by atoms with van der Waals surface area (Å²) >= 11 is 0. The summed E-state index contributed by atoms with van der Waals surface area (Å²) in [7, 11) is 3.58. The molecule has 136 valence electrons. The van der Waals surface area contributed by atoms with Gasteiger partial charge in [-0.2, -0.15) is 10.2 Å². The normalized spacial score (nSPS) is 11.1. The highest BCUT2D eigenvalue weighted by atomic mass is 16.5. The van der Waals surface area contributed by atoms with Crippen molar-refractivity contribution in [1.29, 1.82) is 0 Å². The maximum absolute atomic E-state index is 12.1. The van der Waals surface area contributed by atoms with E-state index in [9.17, 15) is 4.79 Å². The third-order valence-electron chi connectivity index (χ3n) is 4.82. The summed E-state index contributed by atoms with van der Waals surface area (Å²) < 4.78 is 7.11. The lowest BCUT2D eigenvalue weighted by molar-refractivity contribution is 0.415. The predicted molar refractivity (Wildman–Crippen MR) is 106 cm³/mol. The van der Waals surface area contributed by atoms with Crippen LogP contribution in [0.3, 0.4) is 0 Å². The lowest BCUT2D eigenvalue weighted by Gasteiger charge is -2.09. The fourth-order valence-corrected chi connectivity index (χ4v) is 3.40. The van der Waals surface area contributed by atoms with Crippen molar-refractivity contribution in [3.8, 4) is 28.1 Å². The van der Waals surface area contributed by atoms with Gasteiger partial charge in [-0.3, -0.25) is 9.48 Å². The summed E-state index contributed by atoms with van der Waals surface area (Å²) in [5.74, 6) is 0.811.